The summed E-state index contributed by atoms with van der Waals surface area (Å²) in [5.41, 5.74) is 3.38. The fourth-order valence-corrected chi connectivity index (χ4v) is 11.5. The molecule has 176 valence electrons. The predicted octanol–water partition coefficient (Wildman–Crippen LogP) is 8.02. The molecule has 5 aliphatic rings. The van der Waals surface area contributed by atoms with Crippen LogP contribution in [-0.4, -0.2) is 11.2 Å². The molecule has 10 atom stereocenters. The van der Waals surface area contributed by atoms with Crippen molar-refractivity contribution in [3.63, 3.8) is 0 Å². The van der Waals surface area contributed by atoms with Gasteiger partial charge in [0.25, 0.3) is 0 Å². The van der Waals surface area contributed by atoms with Gasteiger partial charge in [-0.25, -0.2) is 0 Å². The Morgan fingerprint density at radius 2 is 1.45 bits per heavy atom. The number of hydrogen-bond donors (Lipinski definition) is 1. The van der Waals surface area contributed by atoms with Crippen LogP contribution >= 0.6 is 0 Å². The van der Waals surface area contributed by atoms with Crippen LogP contribution in [0.25, 0.3) is 0 Å². The molecule has 0 radical (unpaired) electrons. The Kier molecular flexibility index (Phi) is 4.82. The quantitative estimate of drug-likeness (QED) is 0.421. The van der Waals surface area contributed by atoms with Gasteiger partial charge in [-0.3, -0.25) is 0 Å². The second-order valence-electron chi connectivity index (χ2n) is 14.7. The first-order chi connectivity index (χ1) is 14.3. The number of rotatable bonds is 1. The van der Waals surface area contributed by atoms with E-state index in [9.17, 15) is 5.11 Å². The van der Waals surface area contributed by atoms with Crippen LogP contribution in [0.2, 0.25) is 0 Å². The van der Waals surface area contributed by atoms with Crippen LogP contribution in [0.1, 0.15) is 113 Å². The molecule has 0 saturated heterocycles. The van der Waals surface area contributed by atoms with E-state index in [2.05, 4.69) is 55.0 Å². The third-order valence-electron chi connectivity index (χ3n) is 13.5. The fourth-order valence-electron chi connectivity index (χ4n) is 11.5. The molecular formula is C30H50O. The number of hydrogen-bond acceptors (Lipinski definition) is 1. The van der Waals surface area contributed by atoms with E-state index in [1.54, 1.807) is 0 Å². The van der Waals surface area contributed by atoms with E-state index in [4.69, 9.17) is 0 Å². The minimum atomic E-state index is -0.118. The molecule has 0 aromatic carbocycles. The van der Waals surface area contributed by atoms with Crippen molar-refractivity contribution in [3.8, 4) is 0 Å². The van der Waals surface area contributed by atoms with E-state index in [-0.39, 0.29) is 11.5 Å². The number of aliphatic hydroxyl groups excluding tert-OH is 1. The van der Waals surface area contributed by atoms with E-state index >= 15 is 0 Å². The highest BCUT2D eigenvalue weighted by molar-refractivity contribution is 5.21. The van der Waals surface area contributed by atoms with Gasteiger partial charge in [-0.2, -0.15) is 0 Å². The number of fused-ring (bicyclic) bond motifs is 7. The Hall–Kier alpha value is -0.300. The Balaban J connectivity index is 1.54. The van der Waals surface area contributed by atoms with Gasteiger partial charge in [-0.05, 0) is 128 Å². The smallest absolute Gasteiger partial charge is 0.0594 e. The zero-order chi connectivity index (χ0) is 22.6. The van der Waals surface area contributed by atoms with Gasteiger partial charge in [-0.15, -0.1) is 0 Å². The molecule has 0 aliphatic heterocycles. The molecule has 0 aromatic rings. The molecule has 1 heteroatoms. The zero-order valence-corrected chi connectivity index (χ0v) is 21.7. The van der Waals surface area contributed by atoms with E-state index in [0.29, 0.717) is 27.6 Å². The molecule has 0 spiro atoms. The maximum absolute atomic E-state index is 10.9. The van der Waals surface area contributed by atoms with Crippen molar-refractivity contribution in [2.45, 2.75) is 119 Å². The summed E-state index contributed by atoms with van der Waals surface area (Å²) in [6, 6.07) is 0. The maximum atomic E-state index is 10.9. The molecule has 5 fully saturated rings. The monoisotopic (exact) mass is 426 g/mol. The predicted molar refractivity (Wildman–Crippen MR) is 131 cm³/mol. The van der Waals surface area contributed by atoms with Crippen LogP contribution in [-0.2, 0) is 0 Å². The minimum absolute atomic E-state index is 0.0632. The highest BCUT2D eigenvalue weighted by Gasteiger charge is 2.70. The van der Waals surface area contributed by atoms with E-state index in [0.717, 1.165) is 30.1 Å². The molecule has 1 N–H and O–H groups in total. The highest BCUT2D eigenvalue weighted by atomic mass is 16.3. The summed E-state index contributed by atoms with van der Waals surface area (Å²) in [6.45, 7) is 22.3. The lowest BCUT2D eigenvalue weighted by Gasteiger charge is -2.73. The van der Waals surface area contributed by atoms with Crippen molar-refractivity contribution >= 4 is 0 Å². The molecule has 5 saturated carbocycles. The number of allylic oxidation sites excluding steroid dienone is 1. The normalized spacial score (nSPS) is 57.9. The Bertz CT molecular complexity index is 766. The third kappa shape index (κ3) is 2.65. The second kappa shape index (κ2) is 6.64. The Morgan fingerprint density at radius 3 is 2.13 bits per heavy atom. The summed E-state index contributed by atoms with van der Waals surface area (Å²) < 4.78 is 0. The van der Waals surface area contributed by atoms with Crippen molar-refractivity contribution in [2.75, 3.05) is 0 Å². The van der Waals surface area contributed by atoms with Gasteiger partial charge in [0.05, 0.1) is 6.10 Å². The summed E-state index contributed by atoms with van der Waals surface area (Å²) >= 11 is 0. The Morgan fingerprint density at radius 1 is 0.742 bits per heavy atom. The molecule has 0 amide bonds. The van der Waals surface area contributed by atoms with E-state index in [1.807, 2.05) is 0 Å². The number of aliphatic hydroxyl groups is 1. The van der Waals surface area contributed by atoms with Gasteiger partial charge in [0, 0.05) is 0 Å². The van der Waals surface area contributed by atoms with Gasteiger partial charge in [0.1, 0.15) is 0 Å². The van der Waals surface area contributed by atoms with Gasteiger partial charge < -0.3 is 5.11 Å². The molecule has 0 unspecified atom stereocenters. The summed E-state index contributed by atoms with van der Waals surface area (Å²) in [5.74, 6) is 3.98. The molecule has 5 aliphatic carbocycles. The minimum Gasteiger partial charge on any atom is -0.393 e. The molecule has 1 nitrogen and oxygen atoms in total. The van der Waals surface area contributed by atoms with Crippen LogP contribution in [0.5, 0.6) is 0 Å². The van der Waals surface area contributed by atoms with Crippen LogP contribution < -0.4 is 0 Å². The average Bonchev–Trinajstić information content (AvgIpc) is 3.04. The van der Waals surface area contributed by atoms with Crippen molar-refractivity contribution in [1.82, 2.24) is 0 Å². The van der Waals surface area contributed by atoms with Crippen molar-refractivity contribution in [2.24, 2.45) is 56.7 Å². The lowest BCUT2D eigenvalue weighted by atomic mass is 9.32. The maximum Gasteiger partial charge on any atom is 0.0594 e. The second-order valence-corrected chi connectivity index (χ2v) is 14.7. The van der Waals surface area contributed by atoms with Gasteiger partial charge in [-0.1, -0.05) is 53.7 Å². The van der Waals surface area contributed by atoms with Crippen LogP contribution in [0.4, 0.5) is 0 Å². The highest BCUT2D eigenvalue weighted by Crippen LogP contribution is 2.77. The van der Waals surface area contributed by atoms with Gasteiger partial charge >= 0.3 is 0 Å². The molecule has 31 heavy (non-hydrogen) atoms. The lowest BCUT2D eigenvalue weighted by molar-refractivity contribution is -0.246. The topological polar surface area (TPSA) is 20.2 Å². The molecule has 5 rings (SSSR count). The molecule has 0 aromatic heterocycles. The fraction of sp³-hybridized carbons (Fsp3) is 0.933. The Labute approximate surface area is 192 Å². The van der Waals surface area contributed by atoms with Crippen LogP contribution in [0.3, 0.4) is 0 Å². The largest absolute Gasteiger partial charge is 0.393 e. The van der Waals surface area contributed by atoms with Gasteiger partial charge in [0.15, 0.2) is 0 Å². The van der Waals surface area contributed by atoms with Crippen molar-refractivity contribution < 1.29 is 5.11 Å². The standard InChI is InChI=1S/C30H50O/c1-19(2)20-11-14-27(5)17-18-29(7)21(25(20)27)9-10-23-28(6)15-13-24(31)26(3,4)22(28)12-16-30(23,29)8/h20-25,31H,1,9-18H2,2-8H3/t20-,21+,22+,23+,24-,25-,27+,28-,29+,30+/m0/s1. The first-order valence-electron chi connectivity index (χ1n) is 13.6. The molecule has 0 heterocycles. The van der Waals surface area contributed by atoms with Crippen molar-refractivity contribution in [1.29, 1.82) is 0 Å². The summed E-state index contributed by atoms with van der Waals surface area (Å²) in [6.07, 6.45) is 13.4. The molecule has 0 bridgehead atoms. The lowest BCUT2D eigenvalue weighted by Crippen LogP contribution is -2.66. The molecular weight excluding hydrogens is 376 g/mol. The SMILES string of the molecule is C=C(C)[C@@H]1CC[C@]2(C)CC[C@]3(C)[C@H](CC[C@@H]4[C@@]5(C)CC[C@H](O)C(C)(C)[C@H]5CC[C@]43C)[C@H]12. The summed E-state index contributed by atoms with van der Waals surface area (Å²) in [5, 5.41) is 10.9. The summed E-state index contributed by atoms with van der Waals surface area (Å²) in [7, 11) is 0. The average molecular weight is 427 g/mol. The van der Waals surface area contributed by atoms with E-state index < -0.39 is 0 Å². The van der Waals surface area contributed by atoms with Crippen molar-refractivity contribution in [3.05, 3.63) is 12.2 Å². The first-order valence-corrected chi connectivity index (χ1v) is 13.6. The third-order valence-corrected chi connectivity index (χ3v) is 13.5. The van der Waals surface area contributed by atoms with E-state index in [1.165, 1.54) is 63.4 Å². The van der Waals surface area contributed by atoms with Gasteiger partial charge in [0.2, 0.25) is 0 Å². The van der Waals surface area contributed by atoms with Crippen LogP contribution in [0.15, 0.2) is 12.2 Å². The zero-order valence-electron chi connectivity index (χ0n) is 21.7. The van der Waals surface area contributed by atoms with Crippen LogP contribution in [0, 0.1) is 56.7 Å². The first kappa shape index (κ1) is 22.5. The summed E-state index contributed by atoms with van der Waals surface area (Å²) in [4.78, 5) is 0.